The van der Waals surface area contributed by atoms with Crippen LogP contribution < -0.4 is 4.90 Å². The van der Waals surface area contributed by atoms with E-state index in [1.165, 1.54) is 23.5 Å². The van der Waals surface area contributed by atoms with Crippen LogP contribution in [0.2, 0.25) is 0 Å². The van der Waals surface area contributed by atoms with Crippen LogP contribution in [0.3, 0.4) is 0 Å². The molecule has 0 spiro atoms. The average Bonchev–Trinajstić information content (AvgIpc) is 3.11. The fourth-order valence-electron chi connectivity index (χ4n) is 3.12. The number of hydrogen-bond donors (Lipinski definition) is 0. The lowest BCUT2D eigenvalue weighted by Gasteiger charge is -2.21. The molecule has 0 atom stereocenters. The summed E-state index contributed by atoms with van der Waals surface area (Å²) in [7, 11) is 3.90. The molecule has 0 aliphatic rings. The molecule has 4 nitrogen and oxygen atoms in total. The summed E-state index contributed by atoms with van der Waals surface area (Å²) in [5.74, 6) is -0.351. The molecule has 0 bridgehead atoms. The molecule has 0 aliphatic heterocycles. The highest BCUT2D eigenvalue weighted by Crippen LogP contribution is 2.33. The van der Waals surface area contributed by atoms with E-state index in [0.29, 0.717) is 18.1 Å². The molecular weight excluding hydrogens is 411 g/mol. The number of fused-ring (bicyclic) bond motifs is 1. The molecule has 3 aromatic rings. The van der Waals surface area contributed by atoms with Gasteiger partial charge in [0.15, 0.2) is 5.13 Å². The van der Waals surface area contributed by atoms with E-state index in [2.05, 4.69) is 0 Å². The van der Waals surface area contributed by atoms with Crippen molar-refractivity contribution in [3.63, 3.8) is 0 Å². The molecule has 30 heavy (non-hydrogen) atoms. The number of amides is 1. The van der Waals surface area contributed by atoms with Crippen LogP contribution in [0, 0.1) is 13.8 Å². The molecule has 0 unspecified atom stereocenters. The van der Waals surface area contributed by atoms with Crippen molar-refractivity contribution < 1.29 is 18.0 Å². The SMILES string of the molecule is Cc1ccc2sc(N(CCCN(C)C)C(=O)c3ccc(C(F)(F)F)cc3)nc2c1C. The Morgan fingerprint density at radius 3 is 2.30 bits per heavy atom. The van der Waals surface area contributed by atoms with Crippen LogP contribution in [-0.2, 0) is 6.18 Å². The van der Waals surface area contributed by atoms with Crippen LogP contribution in [0.25, 0.3) is 10.2 Å². The number of thiazole rings is 1. The zero-order valence-corrected chi connectivity index (χ0v) is 18.2. The van der Waals surface area contributed by atoms with Crippen LogP contribution in [0.5, 0.6) is 0 Å². The number of benzene rings is 2. The fraction of sp³-hybridized carbons (Fsp3) is 0.364. The topological polar surface area (TPSA) is 36.4 Å². The van der Waals surface area contributed by atoms with Crippen LogP contribution in [0.15, 0.2) is 36.4 Å². The number of nitrogens with zero attached hydrogens (tertiary/aromatic N) is 3. The Balaban J connectivity index is 1.96. The first-order valence-corrected chi connectivity index (χ1v) is 10.4. The number of alkyl halides is 3. The molecule has 1 heterocycles. The Kier molecular flexibility index (Phi) is 6.47. The lowest BCUT2D eigenvalue weighted by atomic mass is 10.1. The minimum atomic E-state index is -4.44. The van der Waals surface area contributed by atoms with Gasteiger partial charge in [0.05, 0.1) is 15.8 Å². The highest BCUT2D eigenvalue weighted by molar-refractivity contribution is 7.22. The number of carbonyl (C=O) groups is 1. The normalized spacial score (nSPS) is 12.0. The van der Waals surface area contributed by atoms with Crippen molar-refractivity contribution in [3.05, 3.63) is 58.7 Å². The lowest BCUT2D eigenvalue weighted by Crippen LogP contribution is -2.33. The molecule has 160 valence electrons. The van der Waals surface area contributed by atoms with Crippen molar-refractivity contribution in [1.82, 2.24) is 9.88 Å². The van der Waals surface area contributed by atoms with Crippen LogP contribution in [0.1, 0.15) is 33.5 Å². The van der Waals surface area contributed by atoms with Crippen molar-refractivity contribution in [3.8, 4) is 0 Å². The van der Waals surface area contributed by atoms with Gasteiger partial charge in [-0.05, 0) is 82.4 Å². The van der Waals surface area contributed by atoms with Gasteiger partial charge in [0.25, 0.3) is 5.91 Å². The molecule has 1 amide bonds. The summed E-state index contributed by atoms with van der Waals surface area (Å²) < 4.78 is 39.6. The molecule has 3 rings (SSSR count). The minimum absolute atomic E-state index is 0.208. The van der Waals surface area contributed by atoms with Gasteiger partial charge in [-0.15, -0.1) is 0 Å². The highest BCUT2D eigenvalue weighted by Gasteiger charge is 2.30. The Labute approximate surface area is 177 Å². The van der Waals surface area contributed by atoms with Crippen molar-refractivity contribution in [2.75, 3.05) is 32.1 Å². The maximum absolute atomic E-state index is 13.2. The molecular formula is C22H24F3N3OS. The Hall–Kier alpha value is -2.45. The summed E-state index contributed by atoms with van der Waals surface area (Å²) in [6, 6.07) is 8.35. The predicted octanol–water partition coefficient (Wildman–Crippen LogP) is 5.53. The van der Waals surface area contributed by atoms with Gasteiger partial charge in [-0.3, -0.25) is 9.69 Å². The van der Waals surface area contributed by atoms with Crippen molar-refractivity contribution in [2.24, 2.45) is 0 Å². The second-order valence-corrected chi connectivity index (χ2v) is 8.55. The van der Waals surface area contributed by atoms with E-state index in [-0.39, 0.29) is 11.5 Å². The van der Waals surface area contributed by atoms with E-state index in [1.54, 1.807) is 4.90 Å². The fourth-order valence-corrected chi connectivity index (χ4v) is 4.17. The van der Waals surface area contributed by atoms with E-state index in [9.17, 15) is 18.0 Å². The molecule has 8 heteroatoms. The maximum atomic E-state index is 13.2. The average molecular weight is 436 g/mol. The highest BCUT2D eigenvalue weighted by atomic mass is 32.1. The largest absolute Gasteiger partial charge is 0.416 e. The second kappa shape index (κ2) is 8.73. The summed E-state index contributed by atoms with van der Waals surface area (Å²) in [6.07, 6.45) is -3.72. The molecule has 2 aromatic carbocycles. The van der Waals surface area contributed by atoms with Crippen molar-refractivity contribution in [2.45, 2.75) is 26.4 Å². The van der Waals surface area contributed by atoms with E-state index >= 15 is 0 Å². The zero-order valence-electron chi connectivity index (χ0n) is 17.4. The molecule has 0 aliphatic carbocycles. The minimum Gasteiger partial charge on any atom is -0.309 e. The number of hydrogen-bond acceptors (Lipinski definition) is 4. The van der Waals surface area contributed by atoms with E-state index in [4.69, 9.17) is 4.98 Å². The third-order valence-electron chi connectivity index (χ3n) is 5.00. The monoisotopic (exact) mass is 435 g/mol. The van der Waals surface area contributed by atoms with Gasteiger partial charge >= 0.3 is 6.18 Å². The van der Waals surface area contributed by atoms with Crippen LogP contribution in [0.4, 0.5) is 18.3 Å². The van der Waals surface area contributed by atoms with Gasteiger partial charge in [0.1, 0.15) is 0 Å². The van der Waals surface area contributed by atoms with Crippen molar-refractivity contribution >= 4 is 32.6 Å². The number of halogens is 3. The first-order valence-electron chi connectivity index (χ1n) is 9.58. The predicted molar refractivity (Wildman–Crippen MR) is 115 cm³/mol. The Bertz CT molecular complexity index is 1040. The van der Waals surface area contributed by atoms with Gasteiger partial charge < -0.3 is 4.90 Å². The maximum Gasteiger partial charge on any atom is 0.416 e. The third kappa shape index (κ3) is 4.82. The number of carbonyl (C=O) groups excluding carboxylic acids is 1. The molecule has 0 radical (unpaired) electrons. The van der Waals surface area contributed by atoms with Gasteiger partial charge in [-0.25, -0.2) is 4.98 Å². The smallest absolute Gasteiger partial charge is 0.309 e. The van der Waals surface area contributed by atoms with Gasteiger partial charge in [0, 0.05) is 12.1 Å². The number of aromatic nitrogens is 1. The number of rotatable bonds is 6. The van der Waals surface area contributed by atoms with E-state index < -0.39 is 11.7 Å². The summed E-state index contributed by atoms with van der Waals surface area (Å²) in [5, 5.41) is 0.558. The Morgan fingerprint density at radius 1 is 1.03 bits per heavy atom. The quantitative estimate of drug-likeness (QED) is 0.511. The third-order valence-corrected chi connectivity index (χ3v) is 6.04. The number of anilines is 1. The molecule has 0 N–H and O–H groups in total. The van der Waals surface area contributed by atoms with Crippen LogP contribution >= 0.6 is 11.3 Å². The Morgan fingerprint density at radius 2 is 1.70 bits per heavy atom. The molecule has 0 fully saturated rings. The first kappa shape index (κ1) is 22.2. The zero-order chi connectivity index (χ0) is 22.1. The molecule has 0 saturated heterocycles. The van der Waals surface area contributed by atoms with Crippen LogP contribution in [-0.4, -0.2) is 43.0 Å². The summed E-state index contributed by atoms with van der Waals surface area (Å²) in [4.78, 5) is 21.5. The standard InChI is InChI=1S/C22H24F3N3OS/c1-14-6-11-18-19(15(14)2)26-21(30-18)28(13-5-12-27(3)4)20(29)16-7-9-17(10-8-16)22(23,24)25/h6-11H,5,12-13H2,1-4H3. The van der Waals surface area contributed by atoms with Gasteiger partial charge in [-0.2, -0.15) is 13.2 Å². The lowest BCUT2D eigenvalue weighted by molar-refractivity contribution is -0.137. The van der Waals surface area contributed by atoms with Gasteiger partial charge in [-0.1, -0.05) is 17.4 Å². The molecule has 0 saturated carbocycles. The summed E-state index contributed by atoms with van der Waals surface area (Å²) >= 11 is 1.42. The summed E-state index contributed by atoms with van der Waals surface area (Å²) in [6.45, 7) is 5.21. The van der Waals surface area contributed by atoms with E-state index in [0.717, 1.165) is 40.0 Å². The second-order valence-electron chi connectivity index (χ2n) is 7.54. The first-order chi connectivity index (χ1) is 14.1. The van der Waals surface area contributed by atoms with Crippen molar-refractivity contribution in [1.29, 1.82) is 0 Å². The summed E-state index contributed by atoms with van der Waals surface area (Å²) in [5.41, 5.74) is 2.47. The van der Waals surface area contributed by atoms with Gasteiger partial charge in [0.2, 0.25) is 0 Å². The number of aryl methyl sites for hydroxylation is 2. The molecule has 1 aromatic heterocycles. The van der Waals surface area contributed by atoms with E-state index in [1.807, 2.05) is 45.0 Å².